The van der Waals surface area contributed by atoms with Gasteiger partial charge >= 0.3 is 0 Å². The molecule has 0 saturated carbocycles. The number of aromatic nitrogens is 3. The highest BCUT2D eigenvalue weighted by Crippen LogP contribution is 2.18. The number of rotatable bonds is 5. The van der Waals surface area contributed by atoms with Gasteiger partial charge in [-0.25, -0.2) is 17.8 Å². The van der Waals surface area contributed by atoms with E-state index in [1.807, 2.05) is 0 Å². The standard InChI is InChI=1S/C14H18N4O4S/c1-9-14(10(2)22-17-9)23(20,21)15-6-7-18-13(19)8-11-4-3-5-12(11)16-18/h8,15H,3-7H2,1-2H3. The first-order valence-electron chi connectivity index (χ1n) is 7.41. The summed E-state index contributed by atoms with van der Waals surface area (Å²) in [6.07, 6.45) is 2.75. The van der Waals surface area contributed by atoms with Crippen LogP contribution in [0.3, 0.4) is 0 Å². The van der Waals surface area contributed by atoms with Crippen molar-refractivity contribution < 1.29 is 12.9 Å². The lowest BCUT2D eigenvalue weighted by molar-refractivity contribution is 0.390. The molecule has 0 atom stereocenters. The van der Waals surface area contributed by atoms with Crippen LogP contribution in [0.5, 0.6) is 0 Å². The van der Waals surface area contributed by atoms with Gasteiger partial charge < -0.3 is 4.52 Å². The lowest BCUT2D eigenvalue weighted by atomic mass is 10.2. The first kappa shape index (κ1) is 15.9. The van der Waals surface area contributed by atoms with E-state index in [1.54, 1.807) is 19.9 Å². The summed E-state index contributed by atoms with van der Waals surface area (Å²) in [6.45, 7) is 3.35. The summed E-state index contributed by atoms with van der Waals surface area (Å²) in [5, 5.41) is 7.95. The van der Waals surface area contributed by atoms with Crippen LogP contribution in [0.4, 0.5) is 0 Å². The van der Waals surface area contributed by atoms with E-state index in [4.69, 9.17) is 4.52 Å². The van der Waals surface area contributed by atoms with Gasteiger partial charge in [0.15, 0.2) is 5.76 Å². The van der Waals surface area contributed by atoms with Gasteiger partial charge in [0.2, 0.25) is 10.0 Å². The van der Waals surface area contributed by atoms with Crippen LogP contribution in [-0.4, -0.2) is 29.9 Å². The summed E-state index contributed by atoms with van der Waals surface area (Å²) in [4.78, 5) is 12.0. The van der Waals surface area contributed by atoms with Gasteiger partial charge in [-0.1, -0.05) is 5.16 Å². The van der Waals surface area contributed by atoms with Gasteiger partial charge in [-0.15, -0.1) is 0 Å². The summed E-state index contributed by atoms with van der Waals surface area (Å²) >= 11 is 0. The van der Waals surface area contributed by atoms with Crippen LogP contribution in [0.25, 0.3) is 0 Å². The van der Waals surface area contributed by atoms with Crippen LogP contribution in [0, 0.1) is 13.8 Å². The zero-order valence-electron chi connectivity index (χ0n) is 13.0. The summed E-state index contributed by atoms with van der Waals surface area (Å²) in [5.41, 5.74) is 2.03. The third kappa shape index (κ3) is 3.06. The number of nitrogens with zero attached hydrogens (tertiary/aromatic N) is 3. The third-order valence-corrected chi connectivity index (χ3v) is 5.58. The molecule has 0 radical (unpaired) electrons. The summed E-state index contributed by atoms with van der Waals surface area (Å²) < 4.78 is 33.2. The molecule has 0 aliphatic heterocycles. The third-order valence-electron chi connectivity index (χ3n) is 3.88. The largest absolute Gasteiger partial charge is 0.360 e. The fourth-order valence-electron chi connectivity index (χ4n) is 2.82. The SMILES string of the molecule is Cc1noc(C)c1S(=O)(=O)NCCn1nc2c(cc1=O)CCC2. The Morgan fingerprint density at radius 1 is 1.35 bits per heavy atom. The van der Waals surface area contributed by atoms with Crippen molar-refractivity contribution in [1.29, 1.82) is 0 Å². The molecule has 0 unspecified atom stereocenters. The van der Waals surface area contributed by atoms with Crippen LogP contribution in [-0.2, 0) is 29.4 Å². The van der Waals surface area contributed by atoms with Crippen molar-refractivity contribution in [2.45, 2.75) is 44.6 Å². The number of sulfonamides is 1. The van der Waals surface area contributed by atoms with E-state index in [0.717, 1.165) is 30.5 Å². The molecule has 3 rings (SSSR count). The number of nitrogens with one attached hydrogen (secondary N) is 1. The molecule has 0 spiro atoms. The van der Waals surface area contributed by atoms with Gasteiger partial charge in [-0.2, -0.15) is 5.10 Å². The first-order chi connectivity index (χ1) is 10.9. The average Bonchev–Trinajstić information content (AvgIpc) is 3.05. The van der Waals surface area contributed by atoms with Crippen LogP contribution < -0.4 is 10.3 Å². The minimum absolute atomic E-state index is 0.0479. The maximum atomic E-state index is 12.3. The molecular formula is C14H18N4O4S. The summed E-state index contributed by atoms with van der Waals surface area (Å²) in [6, 6.07) is 1.60. The Bertz CT molecular complexity index is 878. The van der Waals surface area contributed by atoms with E-state index in [9.17, 15) is 13.2 Å². The molecule has 1 aliphatic rings. The molecule has 1 N–H and O–H groups in total. The second-order valence-electron chi connectivity index (χ2n) is 5.58. The van der Waals surface area contributed by atoms with Crippen LogP contribution in [0.2, 0.25) is 0 Å². The summed E-state index contributed by atoms with van der Waals surface area (Å²) in [7, 11) is -3.72. The minimum Gasteiger partial charge on any atom is -0.360 e. The van der Waals surface area contributed by atoms with Crippen molar-refractivity contribution in [3.63, 3.8) is 0 Å². The fraction of sp³-hybridized carbons (Fsp3) is 0.500. The van der Waals surface area contributed by atoms with Crippen molar-refractivity contribution in [3.05, 3.63) is 39.1 Å². The maximum absolute atomic E-state index is 12.3. The van der Waals surface area contributed by atoms with Gasteiger partial charge in [0.25, 0.3) is 5.56 Å². The van der Waals surface area contributed by atoms with Crippen molar-refractivity contribution in [2.75, 3.05) is 6.54 Å². The predicted molar refractivity (Wildman–Crippen MR) is 81.7 cm³/mol. The Kier molecular flexibility index (Phi) is 4.07. The normalized spacial score (nSPS) is 14.2. The van der Waals surface area contributed by atoms with Crippen LogP contribution in [0.15, 0.2) is 20.3 Å². The Morgan fingerprint density at radius 2 is 2.13 bits per heavy atom. The molecule has 0 amide bonds. The number of hydrogen-bond acceptors (Lipinski definition) is 6. The topological polar surface area (TPSA) is 107 Å². The molecule has 1 aliphatic carbocycles. The Labute approximate surface area is 133 Å². The van der Waals surface area contributed by atoms with Crippen LogP contribution >= 0.6 is 0 Å². The molecule has 2 aromatic rings. The van der Waals surface area contributed by atoms with Gasteiger partial charge in [-0.05, 0) is 38.7 Å². The summed E-state index contributed by atoms with van der Waals surface area (Å²) in [5.74, 6) is 0.239. The lowest BCUT2D eigenvalue weighted by Gasteiger charge is -2.08. The van der Waals surface area contributed by atoms with Crippen molar-refractivity contribution >= 4 is 10.0 Å². The van der Waals surface area contributed by atoms with Gasteiger partial charge in [-0.3, -0.25) is 4.79 Å². The zero-order chi connectivity index (χ0) is 16.6. The monoisotopic (exact) mass is 338 g/mol. The fourth-order valence-corrected chi connectivity index (χ4v) is 4.16. The molecule has 9 heteroatoms. The van der Waals surface area contributed by atoms with E-state index in [2.05, 4.69) is 15.0 Å². The van der Waals surface area contributed by atoms with Gasteiger partial charge in [0.1, 0.15) is 10.6 Å². The lowest BCUT2D eigenvalue weighted by Crippen LogP contribution is -2.32. The molecule has 2 heterocycles. The molecule has 0 saturated heterocycles. The van der Waals surface area contributed by atoms with Crippen molar-refractivity contribution in [3.8, 4) is 0 Å². The number of aryl methyl sites for hydroxylation is 4. The predicted octanol–water partition coefficient (Wildman–Crippen LogP) is 0.315. The molecule has 0 aromatic carbocycles. The van der Waals surface area contributed by atoms with Gasteiger partial charge in [0.05, 0.1) is 12.2 Å². The second kappa shape index (κ2) is 5.89. The smallest absolute Gasteiger partial charge is 0.267 e. The van der Waals surface area contributed by atoms with Crippen molar-refractivity contribution in [2.24, 2.45) is 0 Å². The maximum Gasteiger partial charge on any atom is 0.267 e. The molecule has 124 valence electrons. The Hall–Kier alpha value is -2.00. The molecule has 2 aromatic heterocycles. The molecule has 0 bridgehead atoms. The zero-order valence-corrected chi connectivity index (χ0v) is 13.8. The highest BCUT2D eigenvalue weighted by molar-refractivity contribution is 7.89. The number of fused-ring (bicyclic) bond motifs is 1. The van der Waals surface area contributed by atoms with Crippen LogP contribution in [0.1, 0.15) is 29.1 Å². The quantitative estimate of drug-likeness (QED) is 0.841. The van der Waals surface area contributed by atoms with Crippen molar-refractivity contribution in [1.82, 2.24) is 19.7 Å². The number of hydrogen-bond donors (Lipinski definition) is 1. The highest BCUT2D eigenvalue weighted by atomic mass is 32.2. The first-order valence-corrected chi connectivity index (χ1v) is 8.89. The highest BCUT2D eigenvalue weighted by Gasteiger charge is 2.23. The molecule has 8 nitrogen and oxygen atoms in total. The van der Waals surface area contributed by atoms with E-state index >= 15 is 0 Å². The Morgan fingerprint density at radius 3 is 2.83 bits per heavy atom. The Balaban J connectivity index is 1.72. The van der Waals surface area contributed by atoms with E-state index in [1.165, 1.54) is 4.68 Å². The van der Waals surface area contributed by atoms with E-state index in [0.29, 0.717) is 5.69 Å². The van der Waals surface area contributed by atoms with Gasteiger partial charge in [0, 0.05) is 12.6 Å². The second-order valence-corrected chi connectivity index (χ2v) is 7.29. The molecular weight excluding hydrogens is 320 g/mol. The minimum atomic E-state index is -3.72. The molecule has 0 fully saturated rings. The average molecular weight is 338 g/mol. The van der Waals surface area contributed by atoms with E-state index in [-0.39, 0.29) is 29.3 Å². The molecule has 23 heavy (non-hydrogen) atoms. The van der Waals surface area contributed by atoms with E-state index < -0.39 is 10.0 Å².